The molecule has 204 valence electrons. The molecule has 0 radical (unpaired) electrons. The third-order valence-corrected chi connectivity index (χ3v) is 6.20. The Kier molecular flexibility index (Phi) is 7.55. The quantitative estimate of drug-likeness (QED) is 0.251. The lowest BCUT2D eigenvalue weighted by Gasteiger charge is -2.21. The van der Waals surface area contributed by atoms with Gasteiger partial charge in [-0.1, -0.05) is 30.3 Å². The molecule has 5 aromatic rings. The topological polar surface area (TPSA) is 98.1 Å². The maximum atomic E-state index is 13.7. The average molecular weight is 552 g/mol. The molecule has 0 atom stereocenters. The van der Waals surface area contributed by atoms with Gasteiger partial charge in [0.2, 0.25) is 5.95 Å². The van der Waals surface area contributed by atoms with Gasteiger partial charge in [0.15, 0.2) is 0 Å². The molecule has 0 saturated carbocycles. The van der Waals surface area contributed by atoms with E-state index in [0.717, 1.165) is 29.2 Å². The van der Waals surface area contributed by atoms with Crippen molar-refractivity contribution in [2.75, 3.05) is 4.90 Å². The number of benzene rings is 3. The van der Waals surface area contributed by atoms with E-state index in [2.05, 4.69) is 15.1 Å². The Labute approximate surface area is 233 Å². The molecule has 2 amide bonds. The van der Waals surface area contributed by atoms with E-state index in [1.54, 1.807) is 30.3 Å². The Hall–Kier alpha value is -5.38. The molecule has 0 aliphatic rings. The van der Waals surface area contributed by atoms with Crippen LogP contribution in [0, 0.1) is 11.6 Å². The summed E-state index contributed by atoms with van der Waals surface area (Å²) in [7, 11) is 0. The first-order chi connectivity index (χ1) is 19.7. The molecule has 0 aliphatic carbocycles. The molecule has 10 heteroatoms. The summed E-state index contributed by atoms with van der Waals surface area (Å²) in [6.45, 7) is 3.66. The molecule has 0 N–H and O–H groups in total. The first-order valence-corrected chi connectivity index (χ1v) is 12.7. The number of hydrogen-bond acceptors (Lipinski definition) is 6. The smallest absolute Gasteiger partial charge is 0.267 e. The summed E-state index contributed by atoms with van der Waals surface area (Å²) in [6.07, 6.45) is 1.42. The van der Waals surface area contributed by atoms with E-state index >= 15 is 0 Å². The minimum absolute atomic E-state index is 0.0153. The van der Waals surface area contributed by atoms with Gasteiger partial charge >= 0.3 is 0 Å². The minimum Gasteiger partial charge on any atom is -0.268 e. The summed E-state index contributed by atoms with van der Waals surface area (Å²) in [4.78, 5) is 49.5. The van der Waals surface area contributed by atoms with Crippen LogP contribution in [0.1, 0.15) is 40.6 Å². The maximum absolute atomic E-state index is 13.7. The molecule has 0 fully saturated rings. The Morgan fingerprint density at radius 1 is 0.780 bits per heavy atom. The van der Waals surface area contributed by atoms with Crippen molar-refractivity contribution in [2.24, 2.45) is 0 Å². The third kappa shape index (κ3) is 5.67. The molecule has 5 rings (SSSR count). The summed E-state index contributed by atoms with van der Waals surface area (Å²) < 4.78 is 28.5. The zero-order valence-electron chi connectivity index (χ0n) is 22.0. The van der Waals surface area contributed by atoms with Crippen molar-refractivity contribution in [3.05, 3.63) is 130 Å². The van der Waals surface area contributed by atoms with Crippen molar-refractivity contribution in [3.8, 4) is 22.5 Å². The van der Waals surface area contributed by atoms with Crippen LogP contribution >= 0.6 is 0 Å². The predicted molar refractivity (Wildman–Crippen MR) is 149 cm³/mol. The highest BCUT2D eigenvalue weighted by molar-refractivity contribution is 6.25. The first-order valence-electron chi connectivity index (χ1n) is 12.7. The summed E-state index contributed by atoms with van der Waals surface area (Å²) in [5, 5.41) is 4.49. The standard InChI is InChI=1S/C31H23F2N5O3/c1-19(2)38-27(39)17-16-26(36-38)25-18-34-31(35-28(25)20-6-4-3-5-7-20)37(29(40)21-8-12-23(32)13-9-21)30(41)22-10-14-24(33)15-11-22/h3-19H,1-2H3. The van der Waals surface area contributed by atoms with Gasteiger partial charge in [0, 0.05) is 34.5 Å². The summed E-state index contributed by atoms with van der Waals surface area (Å²) in [5.74, 6) is -2.98. The number of carbonyl (C=O) groups excluding carboxylic acids is 2. The Morgan fingerprint density at radius 3 is 1.88 bits per heavy atom. The fourth-order valence-electron chi connectivity index (χ4n) is 4.14. The number of aromatic nitrogens is 4. The Bertz CT molecular complexity index is 1730. The molecule has 0 spiro atoms. The Morgan fingerprint density at radius 2 is 1.34 bits per heavy atom. The SMILES string of the molecule is CC(C)n1nc(-c2cnc(N(C(=O)c3ccc(F)cc3)C(=O)c3ccc(F)cc3)nc2-c2ccccc2)ccc1=O. The van der Waals surface area contributed by atoms with Crippen LogP contribution in [0.3, 0.4) is 0 Å². The molecule has 2 aromatic heterocycles. The van der Waals surface area contributed by atoms with Crippen molar-refractivity contribution >= 4 is 17.8 Å². The number of amides is 2. The molecule has 0 bridgehead atoms. The lowest BCUT2D eigenvalue weighted by molar-refractivity contribution is 0.0895. The zero-order chi connectivity index (χ0) is 29.1. The van der Waals surface area contributed by atoms with Crippen molar-refractivity contribution in [2.45, 2.75) is 19.9 Å². The summed E-state index contributed by atoms with van der Waals surface area (Å²) >= 11 is 0. The molecule has 0 aliphatic heterocycles. The second-order valence-electron chi connectivity index (χ2n) is 9.35. The van der Waals surface area contributed by atoms with E-state index in [0.29, 0.717) is 22.5 Å². The van der Waals surface area contributed by atoms with Gasteiger partial charge in [0.1, 0.15) is 11.6 Å². The largest absolute Gasteiger partial charge is 0.268 e. The van der Waals surface area contributed by atoms with Crippen LogP contribution in [0.4, 0.5) is 14.7 Å². The zero-order valence-corrected chi connectivity index (χ0v) is 22.0. The Balaban J connectivity index is 1.70. The number of hydrogen-bond donors (Lipinski definition) is 0. The number of halogens is 2. The number of anilines is 1. The van der Waals surface area contributed by atoms with Gasteiger partial charge in [-0.25, -0.2) is 28.3 Å². The molecule has 0 saturated heterocycles. The van der Waals surface area contributed by atoms with Gasteiger partial charge in [-0.3, -0.25) is 14.4 Å². The van der Waals surface area contributed by atoms with E-state index in [4.69, 9.17) is 0 Å². The van der Waals surface area contributed by atoms with E-state index < -0.39 is 23.4 Å². The van der Waals surface area contributed by atoms with Gasteiger partial charge in [-0.2, -0.15) is 5.10 Å². The molecule has 41 heavy (non-hydrogen) atoms. The molecular formula is C31H23F2N5O3. The molecule has 0 unspecified atom stereocenters. The molecule has 2 heterocycles. The molecule has 3 aromatic carbocycles. The van der Waals surface area contributed by atoms with E-state index in [1.807, 2.05) is 19.9 Å². The predicted octanol–water partition coefficient (Wildman–Crippen LogP) is 5.71. The highest BCUT2D eigenvalue weighted by atomic mass is 19.1. The first kappa shape index (κ1) is 27.2. The van der Waals surface area contributed by atoms with Crippen LogP contribution in [-0.4, -0.2) is 31.6 Å². The number of carbonyl (C=O) groups is 2. The van der Waals surface area contributed by atoms with Crippen LogP contribution in [0.25, 0.3) is 22.5 Å². The van der Waals surface area contributed by atoms with Gasteiger partial charge < -0.3 is 0 Å². The second kappa shape index (κ2) is 11.4. The monoisotopic (exact) mass is 551 g/mol. The number of rotatable bonds is 6. The van der Waals surface area contributed by atoms with E-state index in [-0.39, 0.29) is 28.7 Å². The van der Waals surface area contributed by atoms with Crippen LogP contribution < -0.4 is 10.5 Å². The third-order valence-electron chi connectivity index (χ3n) is 6.20. The molecule has 8 nitrogen and oxygen atoms in total. The lowest BCUT2D eigenvalue weighted by Crippen LogP contribution is -2.38. The average Bonchev–Trinajstić information content (AvgIpc) is 2.98. The van der Waals surface area contributed by atoms with Crippen molar-refractivity contribution < 1.29 is 18.4 Å². The van der Waals surface area contributed by atoms with Crippen molar-refractivity contribution in [1.82, 2.24) is 19.7 Å². The van der Waals surface area contributed by atoms with E-state index in [9.17, 15) is 23.2 Å². The fourth-order valence-corrected chi connectivity index (χ4v) is 4.14. The maximum Gasteiger partial charge on any atom is 0.267 e. The highest BCUT2D eigenvalue weighted by Crippen LogP contribution is 2.31. The summed E-state index contributed by atoms with van der Waals surface area (Å²) in [6, 6.07) is 21.1. The normalized spacial score (nSPS) is 11.0. The highest BCUT2D eigenvalue weighted by Gasteiger charge is 2.30. The van der Waals surface area contributed by atoms with Gasteiger partial charge in [0.25, 0.3) is 17.4 Å². The van der Waals surface area contributed by atoms with Crippen LogP contribution in [0.15, 0.2) is 102 Å². The van der Waals surface area contributed by atoms with E-state index in [1.165, 1.54) is 41.2 Å². The second-order valence-corrected chi connectivity index (χ2v) is 9.35. The van der Waals surface area contributed by atoms with Gasteiger partial charge in [-0.15, -0.1) is 0 Å². The van der Waals surface area contributed by atoms with Crippen LogP contribution in [0.5, 0.6) is 0 Å². The van der Waals surface area contributed by atoms with Crippen molar-refractivity contribution in [1.29, 1.82) is 0 Å². The van der Waals surface area contributed by atoms with Crippen LogP contribution in [-0.2, 0) is 0 Å². The lowest BCUT2D eigenvalue weighted by atomic mass is 10.0. The molecular weight excluding hydrogens is 528 g/mol. The van der Waals surface area contributed by atoms with Crippen molar-refractivity contribution in [3.63, 3.8) is 0 Å². The van der Waals surface area contributed by atoms with Gasteiger partial charge in [-0.05, 0) is 68.4 Å². The number of nitrogens with zero attached hydrogens (tertiary/aromatic N) is 5. The minimum atomic E-state index is -0.808. The van der Waals surface area contributed by atoms with Gasteiger partial charge in [0.05, 0.1) is 17.4 Å². The van der Waals surface area contributed by atoms with Crippen LogP contribution in [0.2, 0.25) is 0 Å². The fraction of sp³-hybridized carbons (Fsp3) is 0.0968. The summed E-state index contributed by atoms with van der Waals surface area (Å²) in [5.41, 5.74) is 1.61. The number of imide groups is 1.